The zero-order valence-corrected chi connectivity index (χ0v) is 12.2. The highest BCUT2D eigenvalue weighted by Crippen LogP contribution is 2.25. The number of nitrogen functional groups attached to an aromatic ring is 1. The molecule has 3 N–H and O–H groups in total. The Balaban J connectivity index is 2.13. The molecule has 2 aromatic carbocycles. The zero-order valence-electron chi connectivity index (χ0n) is 12.2. The summed E-state index contributed by atoms with van der Waals surface area (Å²) in [5.74, 6) is -0.318. The average molecular weight is 285 g/mol. The van der Waals surface area contributed by atoms with Gasteiger partial charge in [0.2, 0.25) is 0 Å². The number of hydrogen-bond acceptors (Lipinski definition) is 3. The third-order valence-electron chi connectivity index (χ3n) is 3.31. The Bertz CT molecular complexity index is 633. The van der Waals surface area contributed by atoms with E-state index in [0.29, 0.717) is 12.5 Å². The Kier molecular flexibility index (Phi) is 4.48. The largest absolute Gasteiger partial charge is 0.488 e. The second-order valence-electron chi connectivity index (χ2n) is 5.21. The lowest BCUT2D eigenvalue weighted by atomic mass is 10.0. The number of carbonyl (C=O) groups is 1. The van der Waals surface area contributed by atoms with Crippen molar-refractivity contribution in [3.63, 3.8) is 0 Å². The first kappa shape index (κ1) is 14.9. The molecule has 0 radical (unpaired) electrons. The average Bonchev–Trinajstić information content (AvgIpc) is 2.45. The minimum Gasteiger partial charge on any atom is -0.488 e. The molecule has 0 atom stereocenters. The minimum atomic E-state index is -1.08. The minimum absolute atomic E-state index is 0.0105. The van der Waals surface area contributed by atoms with Crippen LogP contribution in [0, 0.1) is 0 Å². The van der Waals surface area contributed by atoms with Crippen molar-refractivity contribution in [2.75, 3.05) is 5.73 Å². The van der Waals surface area contributed by atoms with Gasteiger partial charge in [-0.05, 0) is 29.2 Å². The number of rotatable bonds is 5. The third kappa shape index (κ3) is 3.54. The van der Waals surface area contributed by atoms with Crippen LogP contribution in [0.25, 0.3) is 0 Å². The summed E-state index contributed by atoms with van der Waals surface area (Å²) in [7, 11) is 0. The summed E-state index contributed by atoms with van der Waals surface area (Å²) < 4.78 is 5.60. The third-order valence-corrected chi connectivity index (χ3v) is 3.31. The van der Waals surface area contributed by atoms with Crippen LogP contribution in [0.4, 0.5) is 5.69 Å². The lowest BCUT2D eigenvalue weighted by Crippen LogP contribution is -2.07. The monoisotopic (exact) mass is 285 g/mol. The Hall–Kier alpha value is -2.49. The maximum absolute atomic E-state index is 11.2. The van der Waals surface area contributed by atoms with Gasteiger partial charge in [0.05, 0.1) is 0 Å². The molecule has 0 aliphatic rings. The van der Waals surface area contributed by atoms with Crippen molar-refractivity contribution in [3.8, 4) is 5.75 Å². The molecule has 0 saturated carbocycles. The Morgan fingerprint density at radius 3 is 2.43 bits per heavy atom. The van der Waals surface area contributed by atoms with E-state index >= 15 is 0 Å². The van der Waals surface area contributed by atoms with Crippen LogP contribution in [0.2, 0.25) is 0 Å². The highest BCUT2D eigenvalue weighted by molar-refractivity contribution is 5.96. The fraction of sp³-hybridized carbons (Fsp3) is 0.235. The van der Waals surface area contributed by atoms with Crippen molar-refractivity contribution < 1.29 is 14.6 Å². The molecule has 0 heterocycles. The van der Waals surface area contributed by atoms with E-state index in [0.717, 1.165) is 5.56 Å². The van der Waals surface area contributed by atoms with E-state index in [1.54, 1.807) is 18.2 Å². The molecule has 2 rings (SSSR count). The molecule has 0 fully saturated rings. The molecule has 4 heteroatoms. The summed E-state index contributed by atoms with van der Waals surface area (Å²) >= 11 is 0. The highest BCUT2D eigenvalue weighted by Gasteiger charge is 2.14. The second kappa shape index (κ2) is 6.31. The van der Waals surface area contributed by atoms with Crippen LogP contribution in [0.15, 0.2) is 42.5 Å². The molecule has 110 valence electrons. The SMILES string of the molecule is CC(C)c1ccc(COc2cccc(N)c2C(=O)O)cc1. The van der Waals surface area contributed by atoms with Crippen LogP contribution in [-0.4, -0.2) is 11.1 Å². The van der Waals surface area contributed by atoms with Crippen molar-refractivity contribution >= 4 is 11.7 Å². The number of anilines is 1. The summed E-state index contributed by atoms with van der Waals surface area (Å²) in [4.78, 5) is 11.2. The van der Waals surface area contributed by atoms with E-state index in [1.165, 1.54) is 5.56 Å². The predicted molar refractivity (Wildman–Crippen MR) is 82.7 cm³/mol. The van der Waals surface area contributed by atoms with Crippen LogP contribution in [0.3, 0.4) is 0 Å². The van der Waals surface area contributed by atoms with Gasteiger partial charge in [0.1, 0.15) is 17.9 Å². The van der Waals surface area contributed by atoms with Gasteiger partial charge in [-0.1, -0.05) is 44.2 Å². The summed E-state index contributed by atoms with van der Waals surface area (Å²) in [5, 5.41) is 9.18. The summed E-state index contributed by atoms with van der Waals surface area (Å²) in [5.41, 5.74) is 8.14. The van der Waals surface area contributed by atoms with Crippen LogP contribution in [0.1, 0.15) is 41.3 Å². The summed E-state index contributed by atoms with van der Waals surface area (Å²) in [6.45, 7) is 4.58. The molecule has 4 nitrogen and oxygen atoms in total. The number of benzene rings is 2. The number of nitrogens with two attached hydrogens (primary N) is 1. The lowest BCUT2D eigenvalue weighted by molar-refractivity contribution is 0.0693. The van der Waals surface area contributed by atoms with Gasteiger partial charge in [-0.2, -0.15) is 0 Å². The van der Waals surface area contributed by atoms with E-state index in [9.17, 15) is 9.90 Å². The lowest BCUT2D eigenvalue weighted by Gasteiger charge is -2.11. The van der Waals surface area contributed by atoms with Gasteiger partial charge in [-0.25, -0.2) is 4.79 Å². The quantitative estimate of drug-likeness (QED) is 0.822. The van der Waals surface area contributed by atoms with Gasteiger partial charge in [-0.15, -0.1) is 0 Å². The van der Waals surface area contributed by atoms with Crippen molar-refractivity contribution in [3.05, 3.63) is 59.2 Å². The first-order chi connectivity index (χ1) is 9.99. The molecule has 0 unspecified atom stereocenters. The second-order valence-corrected chi connectivity index (χ2v) is 5.21. The summed E-state index contributed by atoms with van der Waals surface area (Å²) in [6.07, 6.45) is 0. The van der Waals surface area contributed by atoms with Gasteiger partial charge in [-0.3, -0.25) is 0 Å². The smallest absolute Gasteiger partial charge is 0.341 e. The molecule has 0 saturated heterocycles. The molecule has 2 aromatic rings. The topological polar surface area (TPSA) is 72.5 Å². The molecule has 0 amide bonds. The van der Waals surface area contributed by atoms with Gasteiger partial charge in [0.25, 0.3) is 0 Å². The number of carboxylic acids is 1. The van der Waals surface area contributed by atoms with E-state index < -0.39 is 5.97 Å². The maximum atomic E-state index is 11.2. The molecule has 0 aliphatic heterocycles. The summed E-state index contributed by atoms with van der Waals surface area (Å²) in [6, 6.07) is 12.9. The van der Waals surface area contributed by atoms with Crippen LogP contribution in [-0.2, 0) is 6.61 Å². The normalized spacial score (nSPS) is 10.6. The Morgan fingerprint density at radius 1 is 1.19 bits per heavy atom. The predicted octanol–water partition coefficient (Wildman–Crippen LogP) is 3.67. The highest BCUT2D eigenvalue weighted by atomic mass is 16.5. The molecule has 0 aliphatic carbocycles. The number of hydrogen-bond donors (Lipinski definition) is 2. The number of carboxylic acid groups (broad SMARTS) is 1. The first-order valence-corrected chi connectivity index (χ1v) is 6.82. The maximum Gasteiger partial charge on any atom is 0.341 e. The standard InChI is InChI=1S/C17H19NO3/c1-11(2)13-8-6-12(7-9-13)10-21-15-5-3-4-14(18)16(15)17(19)20/h3-9,11H,10,18H2,1-2H3,(H,19,20). The van der Waals surface area contributed by atoms with Crippen LogP contribution in [0.5, 0.6) is 5.75 Å². The Labute approximate surface area is 124 Å². The van der Waals surface area contributed by atoms with E-state index in [4.69, 9.17) is 10.5 Å². The number of aromatic carboxylic acids is 1. The molecule has 0 bridgehead atoms. The van der Waals surface area contributed by atoms with E-state index in [2.05, 4.69) is 26.0 Å². The van der Waals surface area contributed by atoms with Crippen LogP contribution >= 0.6 is 0 Å². The van der Waals surface area contributed by atoms with Gasteiger partial charge in [0, 0.05) is 5.69 Å². The fourth-order valence-corrected chi connectivity index (χ4v) is 2.06. The fourth-order valence-electron chi connectivity index (χ4n) is 2.06. The van der Waals surface area contributed by atoms with Crippen molar-refractivity contribution in [2.45, 2.75) is 26.4 Å². The molecule has 0 aromatic heterocycles. The molecular formula is C17H19NO3. The van der Waals surface area contributed by atoms with E-state index in [1.807, 2.05) is 12.1 Å². The Morgan fingerprint density at radius 2 is 1.86 bits per heavy atom. The van der Waals surface area contributed by atoms with Gasteiger partial charge >= 0.3 is 5.97 Å². The molecule has 0 spiro atoms. The zero-order chi connectivity index (χ0) is 15.4. The van der Waals surface area contributed by atoms with Gasteiger partial charge < -0.3 is 15.6 Å². The number of ether oxygens (including phenoxy) is 1. The van der Waals surface area contributed by atoms with Crippen LogP contribution < -0.4 is 10.5 Å². The molecule has 21 heavy (non-hydrogen) atoms. The van der Waals surface area contributed by atoms with Crippen molar-refractivity contribution in [1.82, 2.24) is 0 Å². The van der Waals surface area contributed by atoms with Crippen molar-refractivity contribution in [1.29, 1.82) is 0 Å². The van der Waals surface area contributed by atoms with Gasteiger partial charge in [0.15, 0.2) is 0 Å². The first-order valence-electron chi connectivity index (χ1n) is 6.82. The van der Waals surface area contributed by atoms with E-state index in [-0.39, 0.29) is 17.0 Å². The molecular weight excluding hydrogens is 266 g/mol. The van der Waals surface area contributed by atoms with Crippen molar-refractivity contribution in [2.24, 2.45) is 0 Å².